The number of nitrogens with one attached hydrogen (secondary N) is 1. The topological polar surface area (TPSA) is 63.8 Å². The number of anilines is 3. The second-order valence-corrected chi connectivity index (χ2v) is 3.83. The Kier molecular flexibility index (Phi) is 2.72. The van der Waals surface area contributed by atoms with Crippen molar-refractivity contribution in [3.8, 4) is 0 Å². The van der Waals surface area contributed by atoms with Gasteiger partial charge in [0.25, 0.3) is 0 Å². The zero-order valence-electron chi connectivity index (χ0n) is 9.36. The Morgan fingerprint density at radius 1 is 1.12 bits per heavy atom. The van der Waals surface area contributed by atoms with Crippen molar-refractivity contribution in [1.29, 1.82) is 0 Å². The van der Waals surface area contributed by atoms with Crippen LogP contribution in [0.2, 0.25) is 0 Å². The third-order valence-electron chi connectivity index (χ3n) is 2.22. The van der Waals surface area contributed by atoms with Gasteiger partial charge < -0.3 is 11.1 Å². The van der Waals surface area contributed by atoms with Crippen molar-refractivity contribution >= 4 is 17.2 Å². The van der Waals surface area contributed by atoms with Gasteiger partial charge in [0.05, 0.1) is 11.9 Å². The van der Waals surface area contributed by atoms with E-state index in [0.29, 0.717) is 11.5 Å². The summed E-state index contributed by atoms with van der Waals surface area (Å²) in [6.07, 6.45) is 3.05. The summed E-state index contributed by atoms with van der Waals surface area (Å²) < 4.78 is 0. The fourth-order valence-corrected chi connectivity index (χ4v) is 1.63. The van der Waals surface area contributed by atoms with Crippen molar-refractivity contribution in [3.05, 3.63) is 41.9 Å². The van der Waals surface area contributed by atoms with Gasteiger partial charge in [0, 0.05) is 5.69 Å². The van der Waals surface area contributed by atoms with Crippen molar-refractivity contribution in [3.63, 3.8) is 0 Å². The van der Waals surface area contributed by atoms with E-state index in [9.17, 15) is 0 Å². The summed E-state index contributed by atoms with van der Waals surface area (Å²) >= 11 is 0. The van der Waals surface area contributed by atoms with E-state index in [1.165, 1.54) is 17.5 Å². The number of nitrogen functional groups attached to an aromatic ring is 1. The van der Waals surface area contributed by atoms with Crippen LogP contribution in [0, 0.1) is 13.8 Å². The zero-order chi connectivity index (χ0) is 11.5. The highest BCUT2D eigenvalue weighted by Crippen LogP contribution is 2.21. The van der Waals surface area contributed by atoms with E-state index >= 15 is 0 Å². The van der Waals surface area contributed by atoms with Crippen LogP contribution in [0.25, 0.3) is 0 Å². The highest BCUT2D eigenvalue weighted by Gasteiger charge is 2.01. The number of nitrogens with zero attached hydrogens (tertiary/aromatic N) is 2. The number of aromatic nitrogens is 2. The maximum atomic E-state index is 5.76. The van der Waals surface area contributed by atoms with Crippen LogP contribution in [-0.4, -0.2) is 9.97 Å². The van der Waals surface area contributed by atoms with Gasteiger partial charge in [-0.05, 0) is 37.1 Å². The number of hydrogen-bond donors (Lipinski definition) is 2. The molecule has 0 amide bonds. The Morgan fingerprint density at radius 3 is 2.44 bits per heavy atom. The summed E-state index contributed by atoms with van der Waals surface area (Å²) in [5, 5.41) is 3.18. The molecule has 2 rings (SSSR count). The Labute approximate surface area is 94.5 Å². The first-order valence-electron chi connectivity index (χ1n) is 5.06. The third-order valence-corrected chi connectivity index (χ3v) is 2.22. The molecule has 1 aromatic carbocycles. The minimum absolute atomic E-state index is 0.543. The Hall–Kier alpha value is -2.10. The molecule has 0 spiro atoms. The van der Waals surface area contributed by atoms with Gasteiger partial charge in [-0.2, -0.15) is 0 Å². The molecule has 0 bridgehead atoms. The summed E-state index contributed by atoms with van der Waals surface area (Å²) in [5.74, 6) is 0.639. The quantitative estimate of drug-likeness (QED) is 0.805. The molecule has 2 aromatic rings. The fraction of sp³-hybridized carbons (Fsp3) is 0.167. The molecule has 1 aromatic heterocycles. The van der Waals surface area contributed by atoms with E-state index in [0.717, 1.165) is 5.69 Å². The number of rotatable bonds is 2. The third kappa shape index (κ3) is 2.28. The van der Waals surface area contributed by atoms with Crippen LogP contribution >= 0.6 is 0 Å². The molecule has 16 heavy (non-hydrogen) atoms. The molecule has 0 aliphatic carbocycles. The molecule has 1 heterocycles. The first-order valence-corrected chi connectivity index (χ1v) is 5.06. The van der Waals surface area contributed by atoms with Crippen molar-refractivity contribution in [2.24, 2.45) is 0 Å². The van der Waals surface area contributed by atoms with Gasteiger partial charge in [-0.25, -0.2) is 9.97 Å². The lowest BCUT2D eigenvalue weighted by Gasteiger charge is -2.09. The van der Waals surface area contributed by atoms with E-state index in [1.54, 1.807) is 6.20 Å². The monoisotopic (exact) mass is 214 g/mol. The van der Waals surface area contributed by atoms with Crippen LogP contribution in [-0.2, 0) is 0 Å². The van der Waals surface area contributed by atoms with Crippen molar-refractivity contribution < 1.29 is 0 Å². The van der Waals surface area contributed by atoms with E-state index in [4.69, 9.17) is 5.73 Å². The molecule has 0 aliphatic heterocycles. The molecule has 0 unspecified atom stereocenters. The van der Waals surface area contributed by atoms with Crippen molar-refractivity contribution in [2.45, 2.75) is 13.8 Å². The van der Waals surface area contributed by atoms with E-state index in [2.05, 4.69) is 47.3 Å². The standard InChI is InChI=1S/C12H14N4/c1-8-3-9(2)5-10(4-8)16-12-11(13)6-14-7-15-12/h3-7H,13H2,1-2H3,(H,14,15,16). The summed E-state index contributed by atoms with van der Waals surface area (Å²) in [5.41, 5.74) is 9.70. The first kappa shape index (κ1) is 10.4. The summed E-state index contributed by atoms with van der Waals surface area (Å²) in [4.78, 5) is 7.93. The van der Waals surface area contributed by atoms with Crippen molar-refractivity contribution in [2.75, 3.05) is 11.1 Å². The first-order chi connectivity index (χ1) is 7.65. The minimum Gasteiger partial charge on any atom is -0.394 e. The molecule has 4 nitrogen and oxygen atoms in total. The number of aryl methyl sites for hydroxylation is 2. The highest BCUT2D eigenvalue weighted by molar-refractivity contribution is 5.68. The normalized spacial score (nSPS) is 10.1. The predicted molar refractivity (Wildman–Crippen MR) is 65.6 cm³/mol. The Bertz CT molecular complexity index is 488. The van der Waals surface area contributed by atoms with Gasteiger partial charge in [0.1, 0.15) is 6.33 Å². The summed E-state index contributed by atoms with van der Waals surface area (Å²) in [6, 6.07) is 6.22. The number of nitrogens with two attached hydrogens (primary N) is 1. The van der Waals surface area contributed by atoms with Gasteiger partial charge in [-0.3, -0.25) is 0 Å². The van der Waals surface area contributed by atoms with Crippen LogP contribution in [0.4, 0.5) is 17.2 Å². The van der Waals surface area contributed by atoms with E-state index in [-0.39, 0.29) is 0 Å². The molecule has 4 heteroatoms. The molecule has 0 saturated heterocycles. The summed E-state index contributed by atoms with van der Waals surface area (Å²) in [6.45, 7) is 4.11. The lowest BCUT2D eigenvalue weighted by molar-refractivity contribution is 1.17. The molecular weight excluding hydrogens is 200 g/mol. The maximum Gasteiger partial charge on any atom is 0.157 e. The largest absolute Gasteiger partial charge is 0.394 e. The van der Waals surface area contributed by atoms with Gasteiger partial charge in [0.2, 0.25) is 0 Å². The highest BCUT2D eigenvalue weighted by atomic mass is 15.0. The summed E-state index contributed by atoms with van der Waals surface area (Å²) in [7, 11) is 0. The second-order valence-electron chi connectivity index (χ2n) is 3.83. The molecular formula is C12H14N4. The molecule has 3 N–H and O–H groups in total. The van der Waals surface area contributed by atoms with Gasteiger partial charge >= 0.3 is 0 Å². The lowest BCUT2D eigenvalue weighted by atomic mass is 10.1. The van der Waals surface area contributed by atoms with E-state index < -0.39 is 0 Å². The average Bonchev–Trinajstić information content (AvgIpc) is 2.20. The molecule has 0 radical (unpaired) electrons. The van der Waals surface area contributed by atoms with Crippen LogP contribution in [0.3, 0.4) is 0 Å². The Balaban J connectivity index is 2.30. The molecule has 0 saturated carbocycles. The van der Waals surface area contributed by atoms with Crippen LogP contribution < -0.4 is 11.1 Å². The fourth-order valence-electron chi connectivity index (χ4n) is 1.63. The average molecular weight is 214 g/mol. The smallest absolute Gasteiger partial charge is 0.157 e. The van der Waals surface area contributed by atoms with Crippen LogP contribution in [0.15, 0.2) is 30.7 Å². The predicted octanol–water partition coefficient (Wildman–Crippen LogP) is 2.42. The van der Waals surface area contributed by atoms with Crippen molar-refractivity contribution in [1.82, 2.24) is 9.97 Å². The number of benzene rings is 1. The minimum atomic E-state index is 0.543. The maximum absolute atomic E-state index is 5.76. The SMILES string of the molecule is Cc1cc(C)cc(Nc2ncncc2N)c1. The van der Waals surface area contributed by atoms with Crippen LogP contribution in [0.1, 0.15) is 11.1 Å². The second kappa shape index (κ2) is 4.18. The molecule has 82 valence electrons. The van der Waals surface area contributed by atoms with Crippen LogP contribution in [0.5, 0.6) is 0 Å². The lowest BCUT2D eigenvalue weighted by Crippen LogP contribution is -2.00. The molecule has 0 fully saturated rings. The van der Waals surface area contributed by atoms with Gasteiger partial charge in [0.15, 0.2) is 5.82 Å². The van der Waals surface area contributed by atoms with Gasteiger partial charge in [-0.15, -0.1) is 0 Å². The van der Waals surface area contributed by atoms with E-state index in [1.807, 2.05) is 0 Å². The Morgan fingerprint density at radius 2 is 1.81 bits per heavy atom. The zero-order valence-corrected chi connectivity index (χ0v) is 9.36. The molecule has 0 aliphatic rings. The van der Waals surface area contributed by atoms with Gasteiger partial charge in [-0.1, -0.05) is 6.07 Å². The molecule has 0 atom stereocenters. The number of hydrogen-bond acceptors (Lipinski definition) is 4.